The van der Waals surface area contributed by atoms with Crippen molar-refractivity contribution in [3.8, 4) is 0 Å². The molecule has 8 heteroatoms. The summed E-state index contributed by atoms with van der Waals surface area (Å²) in [6.45, 7) is -0.144. The van der Waals surface area contributed by atoms with E-state index in [4.69, 9.17) is 0 Å². The van der Waals surface area contributed by atoms with Crippen molar-refractivity contribution in [2.45, 2.75) is 6.54 Å². The summed E-state index contributed by atoms with van der Waals surface area (Å²) in [7, 11) is 1.51. The summed E-state index contributed by atoms with van der Waals surface area (Å²) in [5.41, 5.74) is 1.92. The number of anilines is 2. The summed E-state index contributed by atoms with van der Waals surface area (Å²) in [5, 5.41) is 7.79. The van der Waals surface area contributed by atoms with Crippen LogP contribution in [0.5, 0.6) is 0 Å². The molecule has 0 aliphatic rings. The molecule has 132 valence electrons. The zero-order chi connectivity index (χ0) is 18.5. The first kappa shape index (κ1) is 17.2. The van der Waals surface area contributed by atoms with Crippen LogP contribution in [-0.2, 0) is 11.3 Å². The highest BCUT2D eigenvalue weighted by molar-refractivity contribution is 5.93. The van der Waals surface area contributed by atoms with Crippen molar-refractivity contribution in [1.82, 2.24) is 14.9 Å². The zero-order valence-corrected chi connectivity index (χ0v) is 14.0. The van der Waals surface area contributed by atoms with E-state index in [1.807, 2.05) is 6.07 Å². The third-order valence-corrected chi connectivity index (χ3v) is 3.69. The Labute approximate surface area is 148 Å². The highest BCUT2D eigenvalue weighted by Gasteiger charge is 2.09. The number of fused-ring (bicyclic) bond motifs is 1. The number of nitrogens with one attached hydrogen (secondary N) is 3. The van der Waals surface area contributed by atoms with Gasteiger partial charge in [0.05, 0.1) is 17.2 Å². The van der Waals surface area contributed by atoms with Gasteiger partial charge in [0.1, 0.15) is 6.54 Å². The van der Waals surface area contributed by atoms with E-state index < -0.39 is 0 Å². The van der Waals surface area contributed by atoms with Crippen LogP contribution in [0.2, 0.25) is 0 Å². The number of aromatic nitrogens is 2. The number of hydrogen-bond acceptors (Lipinski definition) is 4. The zero-order valence-electron chi connectivity index (χ0n) is 14.0. The molecule has 26 heavy (non-hydrogen) atoms. The van der Waals surface area contributed by atoms with Crippen molar-refractivity contribution >= 4 is 34.3 Å². The second-order valence-corrected chi connectivity index (χ2v) is 5.50. The van der Waals surface area contributed by atoms with Gasteiger partial charge in [0, 0.05) is 18.4 Å². The fraction of sp³-hybridized carbons (Fsp3) is 0.111. The first-order chi connectivity index (χ1) is 12.6. The van der Waals surface area contributed by atoms with Gasteiger partial charge in [-0.1, -0.05) is 18.2 Å². The highest BCUT2D eigenvalue weighted by Crippen LogP contribution is 2.15. The Morgan fingerprint density at radius 3 is 2.54 bits per heavy atom. The first-order valence-corrected chi connectivity index (χ1v) is 7.90. The molecule has 3 aromatic rings. The molecule has 1 aromatic heterocycles. The molecule has 0 unspecified atom stereocenters. The Kier molecular flexibility index (Phi) is 4.93. The number of urea groups is 1. The second-order valence-electron chi connectivity index (χ2n) is 5.50. The van der Waals surface area contributed by atoms with Crippen LogP contribution in [0.1, 0.15) is 0 Å². The van der Waals surface area contributed by atoms with Crippen LogP contribution in [0, 0.1) is 0 Å². The Morgan fingerprint density at radius 1 is 1.04 bits per heavy atom. The summed E-state index contributed by atoms with van der Waals surface area (Å²) in [4.78, 5) is 39.9. The molecule has 0 saturated carbocycles. The van der Waals surface area contributed by atoms with Gasteiger partial charge in [0.2, 0.25) is 5.91 Å². The van der Waals surface area contributed by atoms with Crippen molar-refractivity contribution in [3.63, 3.8) is 0 Å². The number of nitrogens with zero attached hydrogens (tertiary/aromatic N) is 2. The number of amides is 3. The summed E-state index contributed by atoms with van der Waals surface area (Å²) in [6, 6.07) is 13.5. The van der Waals surface area contributed by atoms with Gasteiger partial charge in [-0.05, 0) is 30.3 Å². The number of rotatable bonds is 4. The van der Waals surface area contributed by atoms with Gasteiger partial charge in [-0.15, -0.1) is 0 Å². The second kappa shape index (κ2) is 7.47. The van der Waals surface area contributed by atoms with Crippen molar-refractivity contribution in [3.05, 3.63) is 65.1 Å². The molecule has 0 radical (unpaired) electrons. The monoisotopic (exact) mass is 351 g/mol. The van der Waals surface area contributed by atoms with Crippen LogP contribution in [0.25, 0.3) is 11.0 Å². The third kappa shape index (κ3) is 3.86. The van der Waals surface area contributed by atoms with Crippen molar-refractivity contribution in [2.24, 2.45) is 0 Å². The number of hydrogen-bond donors (Lipinski definition) is 3. The SMILES string of the molecule is CNC(=O)Nc1cccc(NC(=O)Cn2c(=O)cnc3ccccc32)c1. The maximum Gasteiger partial charge on any atom is 0.318 e. The van der Waals surface area contributed by atoms with Crippen LogP contribution >= 0.6 is 0 Å². The average Bonchev–Trinajstić information content (AvgIpc) is 2.64. The van der Waals surface area contributed by atoms with E-state index >= 15 is 0 Å². The quantitative estimate of drug-likeness (QED) is 0.666. The smallest absolute Gasteiger partial charge is 0.318 e. The molecule has 3 N–H and O–H groups in total. The highest BCUT2D eigenvalue weighted by atomic mass is 16.2. The maximum atomic E-state index is 12.4. The average molecular weight is 351 g/mol. The summed E-state index contributed by atoms with van der Waals surface area (Å²) >= 11 is 0. The van der Waals surface area contributed by atoms with Gasteiger partial charge < -0.3 is 16.0 Å². The summed E-state index contributed by atoms with van der Waals surface area (Å²) in [6.07, 6.45) is 1.20. The van der Waals surface area contributed by atoms with Crippen molar-refractivity contribution < 1.29 is 9.59 Å². The molecule has 0 saturated heterocycles. The lowest BCUT2D eigenvalue weighted by atomic mass is 10.2. The van der Waals surface area contributed by atoms with Gasteiger partial charge in [-0.25, -0.2) is 9.78 Å². The Balaban J connectivity index is 1.78. The lowest BCUT2D eigenvalue weighted by Gasteiger charge is -2.11. The molecular weight excluding hydrogens is 334 g/mol. The minimum Gasteiger partial charge on any atom is -0.341 e. The molecule has 3 amide bonds. The minimum atomic E-state index is -0.361. The summed E-state index contributed by atoms with van der Waals surface area (Å²) < 4.78 is 1.37. The fourth-order valence-electron chi connectivity index (χ4n) is 2.49. The predicted octanol–water partition coefficient (Wildman–Crippen LogP) is 1.79. The lowest BCUT2D eigenvalue weighted by molar-refractivity contribution is -0.116. The Bertz CT molecular complexity index is 1030. The standard InChI is InChI=1S/C18H17N5O3/c1-19-18(26)22-13-6-4-5-12(9-13)21-16(24)11-23-15-8-3-2-7-14(15)20-10-17(23)25/h2-10H,11H2,1H3,(H,21,24)(H2,19,22,26). The van der Waals surface area contributed by atoms with E-state index in [1.54, 1.807) is 42.5 Å². The number of benzene rings is 2. The number of para-hydroxylation sites is 2. The van der Waals surface area contributed by atoms with E-state index in [9.17, 15) is 14.4 Å². The molecule has 0 bridgehead atoms. The van der Waals surface area contributed by atoms with Crippen molar-refractivity contribution in [1.29, 1.82) is 0 Å². The number of carbonyl (C=O) groups excluding carboxylic acids is 2. The largest absolute Gasteiger partial charge is 0.341 e. The topological polar surface area (TPSA) is 105 Å². The molecule has 8 nitrogen and oxygen atoms in total. The first-order valence-electron chi connectivity index (χ1n) is 7.90. The Morgan fingerprint density at radius 2 is 1.77 bits per heavy atom. The van der Waals surface area contributed by atoms with Crippen LogP contribution in [0.3, 0.4) is 0 Å². The van der Waals surface area contributed by atoms with Crippen LogP contribution in [0.4, 0.5) is 16.2 Å². The molecule has 0 atom stereocenters. The van der Waals surface area contributed by atoms with E-state index in [0.29, 0.717) is 22.4 Å². The lowest BCUT2D eigenvalue weighted by Crippen LogP contribution is -2.28. The molecule has 1 heterocycles. The maximum absolute atomic E-state index is 12.4. The summed E-state index contributed by atoms with van der Waals surface area (Å²) in [5.74, 6) is -0.361. The van der Waals surface area contributed by atoms with E-state index in [1.165, 1.54) is 17.8 Å². The molecule has 0 spiro atoms. The molecule has 2 aromatic carbocycles. The molecule has 0 aliphatic carbocycles. The third-order valence-electron chi connectivity index (χ3n) is 3.69. The molecular formula is C18H17N5O3. The van der Waals surface area contributed by atoms with Gasteiger partial charge in [-0.2, -0.15) is 0 Å². The number of carbonyl (C=O) groups is 2. The fourth-order valence-corrected chi connectivity index (χ4v) is 2.49. The van der Waals surface area contributed by atoms with Gasteiger partial charge in [0.25, 0.3) is 5.56 Å². The van der Waals surface area contributed by atoms with Crippen LogP contribution in [0.15, 0.2) is 59.5 Å². The van der Waals surface area contributed by atoms with Gasteiger partial charge in [0.15, 0.2) is 0 Å². The Hall–Kier alpha value is -3.68. The van der Waals surface area contributed by atoms with E-state index in [0.717, 1.165) is 0 Å². The van der Waals surface area contributed by atoms with E-state index in [2.05, 4.69) is 20.9 Å². The molecule has 3 rings (SSSR count). The predicted molar refractivity (Wildman–Crippen MR) is 99.2 cm³/mol. The van der Waals surface area contributed by atoms with Gasteiger partial charge in [-0.3, -0.25) is 14.2 Å². The van der Waals surface area contributed by atoms with Crippen LogP contribution in [-0.4, -0.2) is 28.5 Å². The van der Waals surface area contributed by atoms with Crippen LogP contribution < -0.4 is 21.5 Å². The normalized spacial score (nSPS) is 10.3. The van der Waals surface area contributed by atoms with Crippen molar-refractivity contribution in [2.75, 3.05) is 17.7 Å². The van der Waals surface area contributed by atoms with Gasteiger partial charge >= 0.3 is 6.03 Å². The molecule has 0 fully saturated rings. The molecule has 0 aliphatic heterocycles. The minimum absolute atomic E-state index is 0.144. The van der Waals surface area contributed by atoms with E-state index in [-0.39, 0.29) is 24.0 Å².